The molecule has 1 aliphatic rings. The summed E-state index contributed by atoms with van der Waals surface area (Å²) in [6, 6.07) is 10.2. The van der Waals surface area contributed by atoms with Crippen LogP contribution in [0.3, 0.4) is 0 Å². The van der Waals surface area contributed by atoms with Crippen LogP contribution in [0, 0.1) is 12.8 Å². The first-order valence-corrected chi connectivity index (χ1v) is 8.07. The second-order valence-electron chi connectivity index (χ2n) is 6.84. The molecule has 0 amide bonds. The van der Waals surface area contributed by atoms with Gasteiger partial charge >= 0.3 is 0 Å². The van der Waals surface area contributed by atoms with Crippen molar-refractivity contribution in [2.75, 3.05) is 13.1 Å². The Morgan fingerprint density at radius 2 is 2.15 bits per heavy atom. The van der Waals surface area contributed by atoms with Crippen LogP contribution in [0.4, 0.5) is 0 Å². The standard InChI is InChI=1S/C18H30N2/c1-14(2)10-18-13-20(16(4)8-9-19-18)12-17-7-5-6-15(3)11-17/h5-7,11,14,16,18-19H,8-10,12-13H2,1-4H3. The number of benzene rings is 1. The molecule has 2 atom stereocenters. The zero-order valence-corrected chi connectivity index (χ0v) is 13.5. The number of hydrogen-bond donors (Lipinski definition) is 1. The van der Waals surface area contributed by atoms with Crippen LogP contribution < -0.4 is 5.32 Å². The van der Waals surface area contributed by atoms with Gasteiger partial charge in [0.1, 0.15) is 0 Å². The van der Waals surface area contributed by atoms with Crippen LogP contribution in [0.25, 0.3) is 0 Å². The van der Waals surface area contributed by atoms with E-state index in [0.29, 0.717) is 12.1 Å². The van der Waals surface area contributed by atoms with Crippen molar-refractivity contribution in [3.63, 3.8) is 0 Å². The Labute approximate surface area is 124 Å². The number of nitrogens with zero attached hydrogens (tertiary/aromatic N) is 1. The first kappa shape index (κ1) is 15.5. The molecule has 0 aromatic heterocycles. The Morgan fingerprint density at radius 3 is 2.85 bits per heavy atom. The quantitative estimate of drug-likeness (QED) is 0.902. The van der Waals surface area contributed by atoms with Gasteiger partial charge in [-0.2, -0.15) is 0 Å². The summed E-state index contributed by atoms with van der Waals surface area (Å²) in [5.41, 5.74) is 2.81. The third kappa shape index (κ3) is 4.60. The van der Waals surface area contributed by atoms with E-state index in [4.69, 9.17) is 0 Å². The Bertz CT molecular complexity index is 414. The van der Waals surface area contributed by atoms with Crippen molar-refractivity contribution >= 4 is 0 Å². The lowest BCUT2D eigenvalue weighted by atomic mass is 10.0. The molecule has 0 bridgehead atoms. The third-order valence-corrected chi connectivity index (χ3v) is 4.30. The molecule has 1 heterocycles. The van der Waals surface area contributed by atoms with Crippen molar-refractivity contribution in [3.8, 4) is 0 Å². The first-order chi connectivity index (χ1) is 9.54. The highest BCUT2D eigenvalue weighted by Crippen LogP contribution is 2.17. The van der Waals surface area contributed by atoms with Crippen LogP contribution in [0.2, 0.25) is 0 Å². The summed E-state index contributed by atoms with van der Waals surface area (Å²) in [7, 11) is 0. The highest BCUT2D eigenvalue weighted by Gasteiger charge is 2.23. The highest BCUT2D eigenvalue weighted by atomic mass is 15.2. The van der Waals surface area contributed by atoms with Crippen LogP contribution in [-0.2, 0) is 6.54 Å². The summed E-state index contributed by atoms with van der Waals surface area (Å²) < 4.78 is 0. The molecule has 2 unspecified atom stereocenters. The topological polar surface area (TPSA) is 15.3 Å². The van der Waals surface area contributed by atoms with E-state index >= 15 is 0 Å². The van der Waals surface area contributed by atoms with E-state index < -0.39 is 0 Å². The van der Waals surface area contributed by atoms with Gasteiger partial charge in [-0.3, -0.25) is 4.90 Å². The summed E-state index contributed by atoms with van der Waals surface area (Å²) in [6.45, 7) is 12.6. The normalized spacial score (nSPS) is 24.9. The predicted octanol–water partition coefficient (Wildman–Crippen LogP) is 3.59. The number of rotatable bonds is 4. The fraction of sp³-hybridized carbons (Fsp3) is 0.667. The molecule has 2 rings (SSSR count). The Balaban J connectivity index is 2.02. The maximum absolute atomic E-state index is 3.73. The molecular weight excluding hydrogens is 244 g/mol. The SMILES string of the molecule is Cc1cccc(CN2CC(CC(C)C)NCCC2C)c1. The molecule has 1 fully saturated rings. The average Bonchev–Trinajstić information content (AvgIpc) is 2.52. The van der Waals surface area contributed by atoms with Crippen molar-refractivity contribution in [2.24, 2.45) is 5.92 Å². The summed E-state index contributed by atoms with van der Waals surface area (Å²) in [6.07, 6.45) is 2.53. The molecule has 2 heteroatoms. The molecule has 0 aliphatic carbocycles. The average molecular weight is 274 g/mol. The number of nitrogens with one attached hydrogen (secondary N) is 1. The molecule has 1 aliphatic heterocycles. The lowest BCUT2D eigenvalue weighted by Crippen LogP contribution is -2.40. The fourth-order valence-corrected chi connectivity index (χ4v) is 3.20. The third-order valence-electron chi connectivity index (χ3n) is 4.30. The Kier molecular flexibility index (Phi) is 5.62. The lowest BCUT2D eigenvalue weighted by Gasteiger charge is -2.29. The molecule has 0 saturated carbocycles. The molecule has 20 heavy (non-hydrogen) atoms. The Morgan fingerprint density at radius 1 is 1.35 bits per heavy atom. The van der Waals surface area contributed by atoms with Gasteiger partial charge in [-0.05, 0) is 44.7 Å². The highest BCUT2D eigenvalue weighted by molar-refractivity contribution is 5.22. The lowest BCUT2D eigenvalue weighted by molar-refractivity contribution is 0.189. The molecule has 1 aromatic rings. The van der Waals surface area contributed by atoms with Gasteiger partial charge in [0.25, 0.3) is 0 Å². The van der Waals surface area contributed by atoms with E-state index in [1.54, 1.807) is 0 Å². The van der Waals surface area contributed by atoms with Crippen molar-refractivity contribution < 1.29 is 0 Å². The monoisotopic (exact) mass is 274 g/mol. The minimum Gasteiger partial charge on any atom is -0.313 e. The predicted molar refractivity (Wildman–Crippen MR) is 86.9 cm³/mol. The van der Waals surface area contributed by atoms with Gasteiger partial charge in [-0.25, -0.2) is 0 Å². The van der Waals surface area contributed by atoms with E-state index in [2.05, 4.69) is 62.2 Å². The van der Waals surface area contributed by atoms with Gasteiger partial charge in [-0.15, -0.1) is 0 Å². The van der Waals surface area contributed by atoms with Crippen molar-refractivity contribution in [3.05, 3.63) is 35.4 Å². The zero-order chi connectivity index (χ0) is 14.5. The smallest absolute Gasteiger partial charge is 0.0237 e. The van der Waals surface area contributed by atoms with Crippen LogP contribution in [0.1, 0.15) is 44.7 Å². The van der Waals surface area contributed by atoms with Crippen molar-refractivity contribution in [2.45, 2.75) is 59.2 Å². The minimum absolute atomic E-state index is 0.643. The van der Waals surface area contributed by atoms with E-state index in [9.17, 15) is 0 Å². The van der Waals surface area contributed by atoms with Gasteiger partial charge < -0.3 is 5.32 Å². The number of hydrogen-bond acceptors (Lipinski definition) is 2. The van der Waals surface area contributed by atoms with Gasteiger partial charge in [0, 0.05) is 25.2 Å². The van der Waals surface area contributed by atoms with Crippen LogP contribution in [0.15, 0.2) is 24.3 Å². The fourth-order valence-electron chi connectivity index (χ4n) is 3.20. The van der Waals surface area contributed by atoms with Crippen LogP contribution >= 0.6 is 0 Å². The van der Waals surface area contributed by atoms with E-state index in [1.807, 2.05) is 0 Å². The summed E-state index contributed by atoms with van der Waals surface area (Å²) in [5, 5.41) is 3.73. The molecule has 2 nitrogen and oxygen atoms in total. The van der Waals surface area contributed by atoms with Gasteiger partial charge in [0.15, 0.2) is 0 Å². The maximum atomic E-state index is 3.73. The first-order valence-electron chi connectivity index (χ1n) is 8.07. The van der Waals surface area contributed by atoms with E-state index in [-0.39, 0.29) is 0 Å². The second kappa shape index (κ2) is 7.24. The summed E-state index contributed by atoms with van der Waals surface area (Å²) in [5.74, 6) is 0.765. The van der Waals surface area contributed by atoms with Crippen molar-refractivity contribution in [1.82, 2.24) is 10.2 Å². The summed E-state index contributed by atoms with van der Waals surface area (Å²) in [4.78, 5) is 2.65. The number of aryl methyl sites for hydroxylation is 1. The van der Waals surface area contributed by atoms with E-state index in [0.717, 1.165) is 19.0 Å². The van der Waals surface area contributed by atoms with Crippen molar-refractivity contribution in [1.29, 1.82) is 0 Å². The zero-order valence-electron chi connectivity index (χ0n) is 13.5. The molecule has 0 radical (unpaired) electrons. The van der Waals surface area contributed by atoms with Crippen LogP contribution in [-0.4, -0.2) is 30.1 Å². The molecule has 1 saturated heterocycles. The van der Waals surface area contributed by atoms with Gasteiger partial charge in [-0.1, -0.05) is 43.7 Å². The minimum atomic E-state index is 0.643. The Hall–Kier alpha value is -0.860. The molecule has 1 N–H and O–H groups in total. The van der Waals surface area contributed by atoms with Gasteiger partial charge in [0.05, 0.1) is 0 Å². The second-order valence-corrected chi connectivity index (χ2v) is 6.84. The molecule has 112 valence electrons. The van der Waals surface area contributed by atoms with E-state index in [1.165, 1.54) is 30.5 Å². The van der Waals surface area contributed by atoms with Crippen LogP contribution in [0.5, 0.6) is 0 Å². The molecule has 1 aromatic carbocycles. The molecule has 0 spiro atoms. The molecular formula is C18H30N2. The largest absolute Gasteiger partial charge is 0.313 e. The summed E-state index contributed by atoms with van der Waals surface area (Å²) >= 11 is 0. The maximum Gasteiger partial charge on any atom is 0.0237 e. The van der Waals surface area contributed by atoms with Gasteiger partial charge in [0.2, 0.25) is 0 Å².